The number of carbonyl (C=O) groups is 2. The van der Waals surface area contributed by atoms with Crippen molar-refractivity contribution in [3.05, 3.63) is 53.6 Å². The summed E-state index contributed by atoms with van der Waals surface area (Å²) in [6, 6.07) is 13.3. The zero-order valence-electron chi connectivity index (χ0n) is 14.4. The van der Waals surface area contributed by atoms with Crippen LogP contribution in [0.3, 0.4) is 0 Å². The number of carbonyl (C=O) groups excluding carboxylic acids is 2. The molecule has 134 valence electrons. The minimum atomic E-state index is -0.606. The number of aryl methyl sites for hydroxylation is 2. The SMILES string of the molecule is Cc1ccc(C)c(OCC(=O)OCC(=O)Nc2nc3ccccc3s2)c1. The number of rotatable bonds is 6. The van der Waals surface area contributed by atoms with Crippen LogP contribution in [0.2, 0.25) is 0 Å². The zero-order valence-corrected chi connectivity index (χ0v) is 15.3. The highest BCUT2D eigenvalue weighted by Gasteiger charge is 2.11. The lowest BCUT2D eigenvalue weighted by atomic mass is 10.1. The van der Waals surface area contributed by atoms with Crippen LogP contribution in [0.25, 0.3) is 10.2 Å². The van der Waals surface area contributed by atoms with Gasteiger partial charge in [0.15, 0.2) is 18.3 Å². The maximum absolute atomic E-state index is 11.9. The second-order valence-electron chi connectivity index (χ2n) is 5.75. The minimum absolute atomic E-state index is 0.251. The molecule has 0 aliphatic rings. The van der Waals surface area contributed by atoms with E-state index in [1.54, 1.807) is 0 Å². The summed E-state index contributed by atoms with van der Waals surface area (Å²) in [5.41, 5.74) is 2.78. The second-order valence-corrected chi connectivity index (χ2v) is 6.78. The Morgan fingerprint density at radius 1 is 1.12 bits per heavy atom. The van der Waals surface area contributed by atoms with Crippen molar-refractivity contribution >= 4 is 38.6 Å². The minimum Gasteiger partial charge on any atom is -0.482 e. The van der Waals surface area contributed by atoms with Gasteiger partial charge in [-0.05, 0) is 43.2 Å². The number of hydrogen-bond donors (Lipinski definition) is 1. The third-order valence-electron chi connectivity index (χ3n) is 3.59. The van der Waals surface area contributed by atoms with Gasteiger partial charge in [0.2, 0.25) is 0 Å². The Balaban J connectivity index is 1.46. The highest BCUT2D eigenvalue weighted by Crippen LogP contribution is 2.25. The predicted molar refractivity (Wildman–Crippen MR) is 101 cm³/mol. The molecule has 26 heavy (non-hydrogen) atoms. The van der Waals surface area contributed by atoms with Crippen molar-refractivity contribution in [3.8, 4) is 5.75 Å². The fourth-order valence-corrected chi connectivity index (χ4v) is 3.15. The first-order valence-corrected chi connectivity index (χ1v) is 8.84. The lowest BCUT2D eigenvalue weighted by molar-refractivity contribution is -0.149. The van der Waals surface area contributed by atoms with Crippen molar-refractivity contribution in [1.82, 2.24) is 4.98 Å². The van der Waals surface area contributed by atoms with Gasteiger partial charge in [-0.15, -0.1) is 0 Å². The van der Waals surface area contributed by atoms with Gasteiger partial charge in [-0.3, -0.25) is 10.1 Å². The molecule has 1 amide bonds. The van der Waals surface area contributed by atoms with E-state index in [0.717, 1.165) is 21.3 Å². The van der Waals surface area contributed by atoms with E-state index in [9.17, 15) is 9.59 Å². The number of esters is 1. The number of para-hydroxylation sites is 1. The van der Waals surface area contributed by atoms with Gasteiger partial charge < -0.3 is 9.47 Å². The standard InChI is InChI=1S/C19H18N2O4S/c1-12-7-8-13(2)15(9-12)24-11-18(23)25-10-17(22)21-19-20-14-5-3-4-6-16(14)26-19/h3-9H,10-11H2,1-2H3,(H,20,21,22). The normalized spacial score (nSPS) is 10.5. The van der Waals surface area contributed by atoms with Gasteiger partial charge in [0.1, 0.15) is 5.75 Å². The molecule has 0 radical (unpaired) electrons. The van der Waals surface area contributed by atoms with E-state index in [2.05, 4.69) is 10.3 Å². The van der Waals surface area contributed by atoms with Gasteiger partial charge >= 0.3 is 5.97 Å². The number of nitrogens with zero attached hydrogens (tertiary/aromatic N) is 1. The summed E-state index contributed by atoms with van der Waals surface area (Å²) in [5, 5.41) is 3.10. The first-order valence-electron chi connectivity index (χ1n) is 8.02. The summed E-state index contributed by atoms with van der Waals surface area (Å²) in [5.74, 6) is -0.421. The van der Waals surface area contributed by atoms with E-state index < -0.39 is 11.9 Å². The van der Waals surface area contributed by atoms with E-state index in [4.69, 9.17) is 9.47 Å². The Bertz CT molecular complexity index is 919. The van der Waals surface area contributed by atoms with Crippen LogP contribution in [0.4, 0.5) is 5.13 Å². The third kappa shape index (κ3) is 4.58. The van der Waals surface area contributed by atoms with Crippen molar-refractivity contribution in [1.29, 1.82) is 0 Å². The fourth-order valence-electron chi connectivity index (χ4n) is 2.27. The van der Waals surface area contributed by atoms with E-state index in [0.29, 0.717) is 10.9 Å². The van der Waals surface area contributed by atoms with Crippen LogP contribution in [0.1, 0.15) is 11.1 Å². The molecule has 1 heterocycles. The smallest absolute Gasteiger partial charge is 0.344 e. The molecule has 1 N–H and O–H groups in total. The summed E-state index contributed by atoms with van der Waals surface area (Å²) in [6.07, 6.45) is 0. The quantitative estimate of drug-likeness (QED) is 0.672. The monoisotopic (exact) mass is 370 g/mol. The molecule has 0 atom stereocenters. The number of fused-ring (bicyclic) bond motifs is 1. The van der Waals surface area contributed by atoms with Gasteiger partial charge in [0.05, 0.1) is 10.2 Å². The van der Waals surface area contributed by atoms with Gasteiger partial charge in [0, 0.05) is 0 Å². The van der Waals surface area contributed by atoms with Crippen LogP contribution < -0.4 is 10.1 Å². The van der Waals surface area contributed by atoms with Crippen molar-refractivity contribution in [2.75, 3.05) is 18.5 Å². The lowest BCUT2D eigenvalue weighted by Gasteiger charge is -2.09. The Hall–Kier alpha value is -2.93. The molecular formula is C19H18N2O4S. The number of amides is 1. The molecule has 2 aromatic carbocycles. The van der Waals surface area contributed by atoms with E-state index >= 15 is 0 Å². The number of thiazole rings is 1. The molecule has 0 spiro atoms. The number of ether oxygens (including phenoxy) is 2. The average molecular weight is 370 g/mol. The largest absolute Gasteiger partial charge is 0.482 e. The highest BCUT2D eigenvalue weighted by molar-refractivity contribution is 7.22. The van der Waals surface area contributed by atoms with Gasteiger partial charge in [-0.2, -0.15) is 0 Å². The van der Waals surface area contributed by atoms with Gasteiger partial charge in [-0.1, -0.05) is 35.6 Å². The first-order chi connectivity index (χ1) is 12.5. The van der Waals surface area contributed by atoms with Gasteiger partial charge in [-0.25, -0.2) is 9.78 Å². The molecule has 0 fully saturated rings. The van der Waals surface area contributed by atoms with Crippen LogP contribution in [0.15, 0.2) is 42.5 Å². The van der Waals surface area contributed by atoms with Crippen molar-refractivity contribution in [2.24, 2.45) is 0 Å². The topological polar surface area (TPSA) is 77.5 Å². The van der Waals surface area contributed by atoms with E-state index in [1.807, 2.05) is 56.3 Å². The predicted octanol–water partition coefficient (Wildman–Crippen LogP) is 3.47. The summed E-state index contributed by atoms with van der Waals surface area (Å²) < 4.78 is 11.4. The molecule has 0 saturated carbocycles. The Morgan fingerprint density at radius 3 is 2.73 bits per heavy atom. The Labute approximate surface area is 154 Å². The fraction of sp³-hybridized carbons (Fsp3) is 0.211. The Kier molecular flexibility index (Phi) is 5.48. The molecule has 3 rings (SSSR count). The van der Waals surface area contributed by atoms with Crippen LogP contribution in [0.5, 0.6) is 5.75 Å². The summed E-state index contributed by atoms with van der Waals surface area (Å²) in [4.78, 5) is 28.0. The average Bonchev–Trinajstić information content (AvgIpc) is 3.02. The molecule has 0 unspecified atom stereocenters. The first kappa shape index (κ1) is 17.9. The number of benzene rings is 2. The maximum atomic E-state index is 11.9. The van der Waals surface area contributed by atoms with Crippen molar-refractivity contribution in [2.45, 2.75) is 13.8 Å². The molecule has 3 aromatic rings. The highest BCUT2D eigenvalue weighted by atomic mass is 32.1. The lowest BCUT2D eigenvalue weighted by Crippen LogP contribution is -2.23. The van der Waals surface area contributed by atoms with E-state index in [1.165, 1.54) is 11.3 Å². The van der Waals surface area contributed by atoms with E-state index in [-0.39, 0.29) is 13.2 Å². The number of anilines is 1. The molecule has 0 aliphatic carbocycles. The molecule has 0 aliphatic heterocycles. The van der Waals surface area contributed by atoms with Crippen molar-refractivity contribution < 1.29 is 19.1 Å². The van der Waals surface area contributed by atoms with Gasteiger partial charge in [0.25, 0.3) is 5.91 Å². The molecule has 6 nitrogen and oxygen atoms in total. The van der Waals surface area contributed by atoms with Crippen LogP contribution in [-0.2, 0) is 14.3 Å². The van der Waals surface area contributed by atoms with Crippen LogP contribution in [0, 0.1) is 13.8 Å². The van der Waals surface area contributed by atoms with Crippen LogP contribution in [-0.4, -0.2) is 30.1 Å². The second kappa shape index (κ2) is 7.97. The number of hydrogen-bond acceptors (Lipinski definition) is 6. The summed E-state index contributed by atoms with van der Waals surface area (Å²) in [6.45, 7) is 3.20. The summed E-state index contributed by atoms with van der Waals surface area (Å²) >= 11 is 1.36. The molecule has 1 aromatic heterocycles. The van der Waals surface area contributed by atoms with Crippen molar-refractivity contribution in [3.63, 3.8) is 0 Å². The molecular weight excluding hydrogens is 352 g/mol. The third-order valence-corrected chi connectivity index (χ3v) is 4.55. The summed E-state index contributed by atoms with van der Waals surface area (Å²) in [7, 11) is 0. The zero-order chi connectivity index (χ0) is 18.5. The van der Waals surface area contributed by atoms with Crippen LogP contribution >= 0.6 is 11.3 Å². The molecule has 7 heteroatoms. The molecule has 0 bridgehead atoms. The Morgan fingerprint density at radius 2 is 1.92 bits per heavy atom. The maximum Gasteiger partial charge on any atom is 0.344 e. The molecule has 0 saturated heterocycles. The number of aromatic nitrogens is 1. The number of nitrogens with one attached hydrogen (secondary N) is 1.